The van der Waals surface area contributed by atoms with Crippen LogP contribution in [0.5, 0.6) is 0 Å². The summed E-state index contributed by atoms with van der Waals surface area (Å²) < 4.78 is 6.14. The minimum Gasteiger partial charge on any atom is -0.387 e. The molecule has 0 saturated carbocycles. The zero-order valence-corrected chi connectivity index (χ0v) is 10.7. The Bertz CT molecular complexity index is 456. The van der Waals surface area contributed by atoms with E-state index >= 15 is 0 Å². The van der Waals surface area contributed by atoms with E-state index in [1.54, 1.807) is 0 Å². The fourth-order valence-corrected chi connectivity index (χ4v) is 3.00. The van der Waals surface area contributed by atoms with Crippen molar-refractivity contribution in [2.45, 2.75) is 18.6 Å². The van der Waals surface area contributed by atoms with Crippen molar-refractivity contribution in [2.24, 2.45) is 17.6 Å². The molecule has 19 heavy (non-hydrogen) atoms. The molecule has 2 heterocycles. The van der Waals surface area contributed by atoms with Crippen LogP contribution in [0.2, 0.25) is 0 Å². The summed E-state index contributed by atoms with van der Waals surface area (Å²) >= 11 is 0. The Morgan fingerprint density at radius 1 is 1.53 bits per heavy atom. The van der Waals surface area contributed by atoms with Gasteiger partial charge in [-0.15, -0.1) is 0 Å². The number of rotatable bonds is 2. The molecule has 0 aromatic heterocycles. The summed E-state index contributed by atoms with van der Waals surface area (Å²) in [6, 6.07) is -0.509. The molecule has 3 aliphatic rings. The summed E-state index contributed by atoms with van der Waals surface area (Å²) in [5.74, 6) is 0.795. The van der Waals surface area contributed by atoms with E-state index in [1.165, 1.54) is 5.70 Å². The van der Waals surface area contributed by atoms with E-state index in [2.05, 4.69) is 34.9 Å². The van der Waals surface area contributed by atoms with Gasteiger partial charge in [0.2, 0.25) is 0 Å². The normalized spacial score (nSPS) is 35.7. The van der Waals surface area contributed by atoms with Crippen LogP contribution in [0.25, 0.3) is 0 Å². The van der Waals surface area contributed by atoms with Gasteiger partial charge in [0.05, 0.1) is 12.2 Å². The Labute approximate surface area is 112 Å². The fourth-order valence-electron chi connectivity index (χ4n) is 3.00. The molecule has 1 saturated heterocycles. The van der Waals surface area contributed by atoms with E-state index in [4.69, 9.17) is 10.5 Å². The van der Waals surface area contributed by atoms with Gasteiger partial charge in [0, 0.05) is 30.6 Å². The molecule has 3 rings (SSSR count). The van der Waals surface area contributed by atoms with E-state index in [9.17, 15) is 4.79 Å². The number of hydrogen-bond acceptors (Lipinski definition) is 3. The number of hydrogen-bond donors (Lipinski definition) is 3. The molecule has 5 heteroatoms. The fraction of sp³-hybridized carbons (Fsp3) is 0.500. The number of nitrogens with two attached hydrogens (primary N) is 1. The number of piperidine rings is 1. The van der Waals surface area contributed by atoms with Gasteiger partial charge in [-0.2, -0.15) is 0 Å². The van der Waals surface area contributed by atoms with Gasteiger partial charge < -0.3 is 21.1 Å². The lowest BCUT2D eigenvalue weighted by atomic mass is 9.79. The van der Waals surface area contributed by atoms with Gasteiger partial charge >= 0.3 is 6.03 Å². The van der Waals surface area contributed by atoms with Crippen LogP contribution < -0.4 is 16.4 Å². The molecule has 2 aliphatic heterocycles. The summed E-state index contributed by atoms with van der Waals surface area (Å²) in [4.78, 5) is 10.8. The van der Waals surface area contributed by atoms with Crippen LogP contribution in [0.15, 0.2) is 36.1 Å². The second-order valence-electron chi connectivity index (χ2n) is 5.21. The number of allylic oxidation sites excluding steroid dienone is 3. The molecule has 0 spiro atoms. The molecular weight excluding hydrogens is 242 g/mol. The van der Waals surface area contributed by atoms with Crippen LogP contribution in [-0.4, -0.2) is 31.3 Å². The molecule has 0 radical (unpaired) electrons. The first-order valence-electron chi connectivity index (χ1n) is 6.71. The summed E-state index contributed by atoms with van der Waals surface area (Å²) in [5, 5.41) is 6.08. The number of urea groups is 1. The third-order valence-electron chi connectivity index (χ3n) is 3.94. The highest BCUT2D eigenvalue weighted by atomic mass is 16.5. The van der Waals surface area contributed by atoms with Gasteiger partial charge in [-0.1, -0.05) is 24.3 Å². The summed E-state index contributed by atoms with van der Waals surface area (Å²) in [7, 11) is 0. The zero-order chi connectivity index (χ0) is 13.2. The lowest BCUT2D eigenvalue weighted by molar-refractivity contribution is -0.0539. The highest BCUT2D eigenvalue weighted by molar-refractivity contribution is 5.71. The van der Waals surface area contributed by atoms with E-state index < -0.39 is 6.03 Å². The number of amides is 2. The number of carbonyl (C=O) groups excluding carboxylic acids is 1. The molecule has 4 unspecified atom stereocenters. The van der Waals surface area contributed by atoms with Crippen LogP contribution >= 0.6 is 0 Å². The molecule has 5 nitrogen and oxygen atoms in total. The van der Waals surface area contributed by atoms with E-state index in [1.807, 2.05) is 6.08 Å². The highest BCUT2D eigenvalue weighted by Crippen LogP contribution is 2.35. The van der Waals surface area contributed by atoms with Crippen molar-refractivity contribution in [3.8, 4) is 0 Å². The van der Waals surface area contributed by atoms with Crippen molar-refractivity contribution in [2.75, 3.05) is 13.1 Å². The number of carbonyl (C=O) groups is 1. The molecule has 4 atom stereocenters. The maximum atomic E-state index is 10.8. The molecule has 0 bridgehead atoms. The number of ether oxygens (including phenoxy) is 1. The van der Waals surface area contributed by atoms with Crippen molar-refractivity contribution < 1.29 is 9.53 Å². The Hall–Kier alpha value is -1.75. The predicted octanol–water partition coefficient (Wildman–Crippen LogP) is 0.658. The molecule has 1 aliphatic carbocycles. The average molecular weight is 261 g/mol. The van der Waals surface area contributed by atoms with Crippen molar-refractivity contribution in [1.82, 2.24) is 10.6 Å². The second-order valence-corrected chi connectivity index (χ2v) is 5.21. The topological polar surface area (TPSA) is 76.4 Å². The van der Waals surface area contributed by atoms with Crippen LogP contribution in [-0.2, 0) is 4.74 Å². The van der Waals surface area contributed by atoms with Crippen molar-refractivity contribution >= 4 is 6.03 Å². The lowest BCUT2D eigenvalue weighted by Gasteiger charge is -2.43. The third kappa shape index (κ3) is 2.51. The quantitative estimate of drug-likeness (QED) is 0.639. The monoisotopic (exact) mass is 261 g/mol. The summed E-state index contributed by atoms with van der Waals surface area (Å²) in [5.41, 5.74) is 6.35. The summed E-state index contributed by atoms with van der Waals surface area (Å²) in [6.07, 6.45) is 11.7. The van der Waals surface area contributed by atoms with Crippen LogP contribution in [0.4, 0.5) is 4.79 Å². The minimum absolute atomic E-state index is 0.0843. The van der Waals surface area contributed by atoms with Crippen molar-refractivity contribution in [3.05, 3.63) is 36.1 Å². The Balaban J connectivity index is 1.69. The first kappa shape index (κ1) is 12.3. The Kier molecular flexibility index (Phi) is 3.29. The zero-order valence-electron chi connectivity index (χ0n) is 10.7. The number of fused-ring (bicyclic) bond motifs is 3. The molecule has 2 amide bonds. The van der Waals surface area contributed by atoms with Gasteiger partial charge in [-0.05, 0) is 12.5 Å². The first-order chi connectivity index (χ1) is 9.24. The van der Waals surface area contributed by atoms with Gasteiger partial charge in [0.25, 0.3) is 0 Å². The smallest absolute Gasteiger partial charge is 0.312 e. The molecular formula is C14H19N3O2. The van der Waals surface area contributed by atoms with Crippen LogP contribution in [0.3, 0.4) is 0 Å². The highest BCUT2D eigenvalue weighted by Gasteiger charge is 2.38. The van der Waals surface area contributed by atoms with Gasteiger partial charge in [-0.25, -0.2) is 4.79 Å². The van der Waals surface area contributed by atoms with Gasteiger partial charge in [0.15, 0.2) is 0 Å². The second kappa shape index (κ2) is 5.09. The molecule has 102 valence electrons. The van der Waals surface area contributed by atoms with E-state index in [0.29, 0.717) is 18.4 Å². The standard InChI is InChI=1S/C14H19N3O2/c15-14(18)17-8-10-6-5-9-7-16-12-4-2-1-3-11(12)13(9)19-10/h1-2,4-6,9-11,13,16H,3,7-8H2,(H3,15,17,18). The average Bonchev–Trinajstić information content (AvgIpc) is 2.44. The molecule has 0 aromatic carbocycles. The Morgan fingerprint density at radius 3 is 3.26 bits per heavy atom. The van der Waals surface area contributed by atoms with Gasteiger partial charge in [-0.3, -0.25) is 0 Å². The predicted molar refractivity (Wildman–Crippen MR) is 72.2 cm³/mol. The summed E-state index contributed by atoms with van der Waals surface area (Å²) in [6.45, 7) is 1.34. The maximum absolute atomic E-state index is 10.8. The van der Waals surface area contributed by atoms with Crippen LogP contribution in [0.1, 0.15) is 6.42 Å². The number of primary amides is 1. The third-order valence-corrected chi connectivity index (χ3v) is 3.94. The maximum Gasteiger partial charge on any atom is 0.312 e. The van der Waals surface area contributed by atoms with Crippen molar-refractivity contribution in [3.63, 3.8) is 0 Å². The van der Waals surface area contributed by atoms with E-state index in [0.717, 1.165) is 13.0 Å². The van der Waals surface area contributed by atoms with Gasteiger partial charge in [0.1, 0.15) is 0 Å². The first-order valence-corrected chi connectivity index (χ1v) is 6.71. The van der Waals surface area contributed by atoms with Crippen LogP contribution in [0, 0.1) is 11.8 Å². The minimum atomic E-state index is -0.509. The Morgan fingerprint density at radius 2 is 2.42 bits per heavy atom. The lowest BCUT2D eigenvalue weighted by Crippen LogP contribution is -2.51. The molecule has 4 N–H and O–H groups in total. The van der Waals surface area contributed by atoms with E-state index in [-0.39, 0.29) is 12.2 Å². The SMILES string of the molecule is NC(=O)NCC1C=CC2CNC3=CC=CCC3C2O1. The number of nitrogens with one attached hydrogen (secondary N) is 2. The molecule has 1 fully saturated rings. The largest absolute Gasteiger partial charge is 0.387 e. The van der Waals surface area contributed by atoms with Crippen molar-refractivity contribution in [1.29, 1.82) is 0 Å². The molecule has 0 aromatic rings.